The van der Waals surface area contributed by atoms with Gasteiger partial charge in [0.1, 0.15) is 0 Å². The molecule has 0 amide bonds. The van der Waals surface area contributed by atoms with Crippen LogP contribution >= 0.6 is 7.92 Å². The van der Waals surface area contributed by atoms with Crippen molar-refractivity contribution in [1.29, 1.82) is 0 Å². The summed E-state index contributed by atoms with van der Waals surface area (Å²) >= 11 is 0. The normalized spacial score (nSPS) is 11.8. The van der Waals surface area contributed by atoms with Crippen LogP contribution in [0, 0.1) is 0 Å². The quantitative estimate of drug-likeness (QED) is 0.214. The van der Waals surface area contributed by atoms with Gasteiger partial charge in [0.2, 0.25) is 0 Å². The van der Waals surface area contributed by atoms with Crippen molar-refractivity contribution in [3.05, 3.63) is 11.9 Å². The zero-order valence-electron chi connectivity index (χ0n) is 14.5. The second-order valence-electron chi connectivity index (χ2n) is 6.05. The molecule has 0 aromatic carbocycles. The second kappa shape index (κ2) is 17.2. The minimum atomic E-state index is 0.210. The lowest BCUT2D eigenvalue weighted by Gasteiger charge is -2.13. The van der Waals surface area contributed by atoms with Gasteiger partial charge in [0.15, 0.2) is 0 Å². The van der Waals surface area contributed by atoms with E-state index >= 15 is 0 Å². The van der Waals surface area contributed by atoms with E-state index in [-0.39, 0.29) is 7.92 Å². The van der Waals surface area contributed by atoms with Gasteiger partial charge in [-0.3, -0.25) is 0 Å². The predicted octanol–water partition coefficient (Wildman–Crippen LogP) is 7.72. The molecule has 0 N–H and O–H groups in total. The minimum absolute atomic E-state index is 0.210. The smallest absolute Gasteiger partial charge is 0.0291 e. The van der Waals surface area contributed by atoms with Gasteiger partial charge in [0.05, 0.1) is 0 Å². The molecule has 0 spiro atoms. The third-order valence-corrected chi connectivity index (χ3v) is 6.46. The molecular formula is C19H39P. The van der Waals surface area contributed by atoms with E-state index < -0.39 is 0 Å². The molecule has 0 atom stereocenters. The van der Waals surface area contributed by atoms with Crippen LogP contribution in [0.2, 0.25) is 0 Å². The maximum Gasteiger partial charge on any atom is -0.0291 e. The minimum Gasteiger partial charge on any atom is -0.0872 e. The Kier molecular flexibility index (Phi) is 17.4. The molecule has 0 aliphatic rings. The highest BCUT2D eigenvalue weighted by molar-refractivity contribution is 7.60. The van der Waals surface area contributed by atoms with E-state index in [0.29, 0.717) is 0 Å². The summed E-state index contributed by atoms with van der Waals surface area (Å²) in [6.45, 7) is 6.79. The van der Waals surface area contributed by atoms with E-state index in [1.54, 1.807) is 0 Å². The summed E-state index contributed by atoms with van der Waals surface area (Å²) in [5.41, 5.74) is 0. The first-order valence-electron chi connectivity index (χ1n) is 9.22. The molecule has 0 aromatic rings. The van der Waals surface area contributed by atoms with Gasteiger partial charge in [-0.15, -0.1) is 0 Å². The summed E-state index contributed by atoms with van der Waals surface area (Å²) in [6, 6.07) is 0. The predicted molar refractivity (Wildman–Crippen MR) is 98.2 cm³/mol. The molecule has 0 aliphatic heterocycles. The van der Waals surface area contributed by atoms with Crippen LogP contribution in [0.25, 0.3) is 0 Å². The fourth-order valence-corrected chi connectivity index (χ4v) is 4.87. The van der Waals surface area contributed by atoms with Crippen molar-refractivity contribution >= 4 is 7.92 Å². The first-order chi connectivity index (χ1) is 9.85. The topological polar surface area (TPSA) is 0 Å². The van der Waals surface area contributed by atoms with Crippen molar-refractivity contribution in [2.45, 2.75) is 97.8 Å². The fourth-order valence-electron chi connectivity index (χ4n) is 2.66. The number of allylic oxidation sites excluding steroid dienone is 1. The summed E-state index contributed by atoms with van der Waals surface area (Å²) < 4.78 is 0. The van der Waals surface area contributed by atoms with Crippen molar-refractivity contribution in [3.63, 3.8) is 0 Å². The first-order valence-corrected chi connectivity index (χ1v) is 11.0. The molecule has 0 nitrogen and oxygen atoms in total. The van der Waals surface area contributed by atoms with E-state index in [9.17, 15) is 0 Å². The van der Waals surface area contributed by atoms with Crippen LogP contribution in [-0.4, -0.2) is 12.3 Å². The Morgan fingerprint density at radius 2 is 1.00 bits per heavy atom. The SMILES string of the molecule is CC=CP(CCCCCCCC)CCCCCCCC. The van der Waals surface area contributed by atoms with Crippen LogP contribution in [0.4, 0.5) is 0 Å². The largest absolute Gasteiger partial charge is 0.0872 e. The Bertz CT molecular complexity index is 182. The molecule has 0 fully saturated rings. The summed E-state index contributed by atoms with van der Waals surface area (Å²) in [5, 5.41) is 0. The van der Waals surface area contributed by atoms with Crippen LogP contribution in [0.5, 0.6) is 0 Å². The molecule has 120 valence electrons. The molecule has 0 radical (unpaired) electrons. The third-order valence-electron chi connectivity index (χ3n) is 3.96. The maximum atomic E-state index is 2.52. The zero-order valence-corrected chi connectivity index (χ0v) is 15.4. The molecule has 0 saturated heterocycles. The first kappa shape index (κ1) is 20.2. The highest BCUT2D eigenvalue weighted by Crippen LogP contribution is 2.39. The lowest BCUT2D eigenvalue weighted by atomic mass is 10.1. The van der Waals surface area contributed by atoms with Gasteiger partial charge >= 0.3 is 0 Å². The lowest BCUT2D eigenvalue weighted by molar-refractivity contribution is 0.622. The van der Waals surface area contributed by atoms with Gasteiger partial charge < -0.3 is 0 Å². The highest BCUT2D eigenvalue weighted by Gasteiger charge is 2.03. The van der Waals surface area contributed by atoms with Crippen LogP contribution in [-0.2, 0) is 0 Å². The third kappa shape index (κ3) is 14.6. The van der Waals surface area contributed by atoms with E-state index in [2.05, 4.69) is 32.7 Å². The van der Waals surface area contributed by atoms with E-state index in [4.69, 9.17) is 0 Å². The van der Waals surface area contributed by atoms with Crippen molar-refractivity contribution in [3.8, 4) is 0 Å². The van der Waals surface area contributed by atoms with Crippen molar-refractivity contribution < 1.29 is 0 Å². The number of rotatable bonds is 15. The Hall–Kier alpha value is 0.170. The zero-order chi connectivity index (χ0) is 14.9. The van der Waals surface area contributed by atoms with Gasteiger partial charge in [-0.25, -0.2) is 0 Å². The molecule has 0 aromatic heterocycles. The van der Waals surface area contributed by atoms with Crippen molar-refractivity contribution in [1.82, 2.24) is 0 Å². The molecule has 20 heavy (non-hydrogen) atoms. The van der Waals surface area contributed by atoms with Crippen LogP contribution < -0.4 is 0 Å². The van der Waals surface area contributed by atoms with Crippen molar-refractivity contribution in [2.24, 2.45) is 0 Å². The van der Waals surface area contributed by atoms with Crippen LogP contribution in [0.15, 0.2) is 11.9 Å². The Morgan fingerprint density at radius 3 is 1.40 bits per heavy atom. The Balaban J connectivity index is 3.50. The maximum absolute atomic E-state index is 2.52. The van der Waals surface area contributed by atoms with Gasteiger partial charge in [0.25, 0.3) is 0 Å². The van der Waals surface area contributed by atoms with E-state index in [1.807, 2.05) is 0 Å². The molecule has 0 bridgehead atoms. The second-order valence-corrected chi connectivity index (χ2v) is 8.42. The lowest BCUT2D eigenvalue weighted by Crippen LogP contribution is -1.90. The summed E-state index contributed by atoms with van der Waals surface area (Å²) in [7, 11) is 0.210. The molecular weight excluding hydrogens is 259 g/mol. The summed E-state index contributed by atoms with van der Waals surface area (Å²) in [6.07, 6.45) is 22.6. The van der Waals surface area contributed by atoms with Gasteiger partial charge in [-0.05, 0) is 32.1 Å². The number of hydrogen-bond donors (Lipinski definition) is 0. The monoisotopic (exact) mass is 298 g/mol. The number of hydrogen-bond acceptors (Lipinski definition) is 0. The Morgan fingerprint density at radius 1 is 0.600 bits per heavy atom. The summed E-state index contributed by atoms with van der Waals surface area (Å²) in [4.78, 5) is 0. The van der Waals surface area contributed by atoms with Gasteiger partial charge in [-0.1, -0.05) is 97.9 Å². The molecule has 0 unspecified atom stereocenters. The standard InChI is InChI=1S/C19H39P/c1-4-7-9-11-13-15-18-20(17-6-3)19-16-14-12-10-8-5-2/h6,17H,4-5,7-16,18-19H2,1-3H3. The molecule has 0 aliphatic carbocycles. The van der Waals surface area contributed by atoms with E-state index in [1.165, 1.54) is 89.4 Å². The Labute approximate surface area is 130 Å². The molecule has 0 rings (SSSR count). The molecule has 1 heteroatoms. The summed E-state index contributed by atoms with van der Waals surface area (Å²) in [5.74, 6) is 2.52. The van der Waals surface area contributed by atoms with E-state index in [0.717, 1.165) is 0 Å². The average molecular weight is 298 g/mol. The van der Waals surface area contributed by atoms with Crippen LogP contribution in [0.1, 0.15) is 97.8 Å². The van der Waals surface area contributed by atoms with Crippen molar-refractivity contribution in [2.75, 3.05) is 12.3 Å². The molecule has 0 saturated carbocycles. The van der Waals surface area contributed by atoms with Gasteiger partial charge in [0, 0.05) is 0 Å². The van der Waals surface area contributed by atoms with Gasteiger partial charge in [-0.2, -0.15) is 0 Å². The highest BCUT2D eigenvalue weighted by atomic mass is 31.1. The average Bonchev–Trinajstić information content (AvgIpc) is 2.46. The number of unbranched alkanes of at least 4 members (excludes halogenated alkanes) is 10. The van der Waals surface area contributed by atoms with Crippen LogP contribution in [0.3, 0.4) is 0 Å². The molecule has 0 heterocycles. The fraction of sp³-hybridized carbons (Fsp3) is 0.895.